The normalized spacial score (nSPS) is 17.4. The van der Waals surface area contributed by atoms with Gasteiger partial charge in [0.25, 0.3) is 5.91 Å². The van der Waals surface area contributed by atoms with Crippen molar-refractivity contribution in [3.05, 3.63) is 53.3 Å². The van der Waals surface area contributed by atoms with E-state index in [1.54, 1.807) is 29.2 Å². The van der Waals surface area contributed by atoms with Crippen molar-refractivity contribution in [3.63, 3.8) is 0 Å². The number of nitrogens with zero attached hydrogens (tertiary/aromatic N) is 1. The third-order valence-electron chi connectivity index (χ3n) is 5.68. The van der Waals surface area contributed by atoms with Crippen molar-refractivity contribution in [2.75, 3.05) is 33.6 Å². The van der Waals surface area contributed by atoms with Crippen LogP contribution in [-0.4, -0.2) is 56.4 Å². The lowest BCUT2D eigenvalue weighted by molar-refractivity contribution is -0.124. The lowest BCUT2D eigenvalue weighted by atomic mass is 10.1. The average Bonchev–Trinajstić information content (AvgIpc) is 3.30. The van der Waals surface area contributed by atoms with E-state index >= 15 is 0 Å². The van der Waals surface area contributed by atoms with Crippen molar-refractivity contribution >= 4 is 23.6 Å². The second-order valence-corrected chi connectivity index (χ2v) is 8.99. The van der Waals surface area contributed by atoms with Gasteiger partial charge in [-0.1, -0.05) is 31.9 Å². The smallest absolute Gasteiger partial charge is 0.256 e. The number of benzene rings is 2. The van der Waals surface area contributed by atoms with Gasteiger partial charge in [0.05, 0.1) is 21.3 Å². The summed E-state index contributed by atoms with van der Waals surface area (Å²) in [7, 11) is 4.44. The lowest BCUT2D eigenvalue weighted by Gasteiger charge is -2.29. The summed E-state index contributed by atoms with van der Waals surface area (Å²) in [5.41, 5.74) is 1.04. The molecule has 2 aromatic carbocycles. The molecule has 0 bridgehead atoms. The van der Waals surface area contributed by atoms with E-state index in [1.165, 1.54) is 45.2 Å². The highest BCUT2D eigenvalue weighted by molar-refractivity contribution is 7.99. The van der Waals surface area contributed by atoms with Crippen LogP contribution in [0.2, 0.25) is 0 Å². The van der Waals surface area contributed by atoms with Crippen molar-refractivity contribution < 1.29 is 28.2 Å². The molecule has 1 saturated heterocycles. The number of rotatable bonds is 10. The molecule has 2 aromatic rings. The number of methoxy groups -OCH3 is 3. The van der Waals surface area contributed by atoms with Gasteiger partial charge in [-0.25, -0.2) is 4.39 Å². The molecule has 1 fully saturated rings. The van der Waals surface area contributed by atoms with Gasteiger partial charge in [0, 0.05) is 17.9 Å². The van der Waals surface area contributed by atoms with Crippen molar-refractivity contribution in [1.82, 2.24) is 10.2 Å². The van der Waals surface area contributed by atoms with Crippen LogP contribution in [0.25, 0.3) is 0 Å². The average molecular weight is 491 g/mol. The van der Waals surface area contributed by atoms with Crippen LogP contribution in [0.5, 0.6) is 17.2 Å². The first-order valence-corrected chi connectivity index (χ1v) is 12.3. The van der Waals surface area contributed by atoms with Gasteiger partial charge in [0.15, 0.2) is 11.5 Å². The van der Waals surface area contributed by atoms with E-state index < -0.39 is 11.4 Å². The zero-order valence-corrected chi connectivity index (χ0v) is 20.7. The lowest BCUT2D eigenvalue weighted by Crippen LogP contribution is -2.48. The van der Waals surface area contributed by atoms with Gasteiger partial charge >= 0.3 is 0 Å². The minimum Gasteiger partial charge on any atom is -0.493 e. The van der Waals surface area contributed by atoms with Gasteiger partial charge < -0.3 is 24.4 Å². The zero-order chi connectivity index (χ0) is 24.7. The molecule has 1 aliphatic heterocycles. The van der Waals surface area contributed by atoms with E-state index in [4.69, 9.17) is 14.2 Å². The quantitative estimate of drug-likeness (QED) is 0.497. The first-order chi connectivity index (χ1) is 16.4. The topological polar surface area (TPSA) is 77.1 Å². The zero-order valence-electron chi connectivity index (χ0n) is 19.9. The Morgan fingerprint density at radius 2 is 1.71 bits per heavy atom. The van der Waals surface area contributed by atoms with Crippen LogP contribution < -0.4 is 19.5 Å². The highest BCUT2D eigenvalue weighted by Gasteiger charge is 2.43. The number of hydrogen-bond acceptors (Lipinski definition) is 6. The number of hydrogen-bond donors (Lipinski definition) is 1. The van der Waals surface area contributed by atoms with Crippen molar-refractivity contribution in [3.8, 4) is 17.2 Å². The summed E-state index contributed by atoms with van der Waals surface area (Å²) in [4.78, 5) is 28.5. The van der Waals surface area contributed by atoms with E-state index in [-0.39, 0.29) is 17.6 Å². The second kappa shape index (κ2) is 12.0. The molecule has 1 heterocycles. The number of halogens is 1. The third-order valence-corrected chi connectivity index (χ3v) is 7.01. The predicted octanol–water partition coefficient (Wildman–Crippen LogP) is 4.41. The molecule has 2 unspecified atom stereocenters. The minimum absolute atomic E-state index is 0.200. The molecule has 184 valence electrons. The van der Waals surface area contributed by atoms with Gasteiger partial charge in [-0.05, 0) is 36.2 Å². The molecule has 2 atom stereocenters. The summed E-state index contributed by atoms with van der Waals surface area (Å²) in [5, 5.41) is 2.52. The van der Waals surface area contributed by atoms with Crippen LogP contribution in [-0.2, 0) is 4.79 Å². The highest BCUT2D eigenvalue weighted by Crippen LogP contribution is 2.44. The van der Waals surface area contributed by atoms with Crippen molar-refractivity contribution in [2.24, 2.45) is 0 Å². The first-order valence-electron chi connectivity index (χ1n) is 11.2. The maximum absolute atomic E-state index is 13.8. The molecule has 1 N–H and O–H groups in total. The van der Waals surface area contributed by atoms with E-state index in [0.717, 1.165) is 24.8 Å². The first kappa shape index (κ1) is 25.7. The molecule has 2 amide bonds. The van der Waals surface area contributed by atoms with E-state index in [9.17, 15) is 14.0 Å². The minimum atomic E-state index is -0.673. The van der Waals surface area contributed by atoms with E-state index in [1.807, 2.05) is 0 Å². The van der Waals surface area contributed by atoms with Crippen LogP contribution in [0.4, 0.5) is 4.39 Å². The summed E-state index contributed by atoms with van der Waals surface area (Å²) in [6.07, 6.45) is 2.95. The molecule has 0 saturated carbocycles. The summed E-state index contributed by atoms with van der Waals surface area (Å²) < 4.78 is 29.7. The number of unbranched alkanes of at least 4 members (excludes halogenated alkanes) is 2. The highest BCUT2D eigenvalue weighted by atomic mass is 32.2. The second-order valence-electron chi connectivity index (χ2n) is 7.88. The number of ether oxygens (including phenoxy) is 3. The van der Waals surface area contributed by atoms with Crippen LogP contribution in [0.3, 0.4) is 0 Å². The Labute approximate surface area is 203 Å². The maximum atomic E-state index is 13.8. The Balaban J connectivity index is 1.97. The fraction of sp³-hybridized carbons (Fsp3) is 0.440. The van der Waals surface area contributed by atoms with Crippen LogP contribution in [0.1, 0.15) is 47.5 Å². The molecule has 3 rings (SSSR count). The monoisotopic (exact) mass is 490 g/mol. The Hall–Kier alpha value is -2.94. The molecule has 1 aliphatic rings. The standard InChI is InChI=1S/C25H31FN2O5S/c1-5-6-7-12-27-23(29)19-15-34-25(16-8-10-18(26)11-9-16)28(19)24(30)17-13-20(31-2)22(33-4)21(14-17)32-3/h8-11,13-14,19,25H,5-7,12,15H2,1-4H3,(H,27,29). The van der Waals surface area contributed by atoms with Gasteiger partial charge in [-0.3, -0.25) is 9.59 Å². The van der Waals surface area contributed by atoms with Gasteiger partial charge in [-0.15, -0.1) is 11.8 Å². The summed E-state index contributed by atoms with van der Waals surface area (Å²) in [5.74, 6) is 0.572. The fourth-order valence-corrected chi connectivity index (χ4v) is 5.33. The van der Waals surface area contributed by atoms with Crippen molar-refractivity contribution in [1.29, 1.82) is 0 Å². The Morgan fingerprint density at radius 1 is 1.06 bits per heavy atom. The maximum Gasteiger partial charge on any atom is 0.256 e. The van der Waals surface area contributed by atoms with Crippen LogP contribution in [0.15, 0.2) is 36.4 Å². The Morgan fingerprint density at radius 3 is 2.26 bits per heavy atom. The number of amides is 2. The van der Waals surface area contributed by atoms with Gasteiger partial charge in [0.1, 0.15) is 17.2 Å². The largest absolute Gasteiger partial charge is 0.493 e. The number of carbonyl (C=O) groups excluding carboxylic acids is 2. The molecule has 0 spiro atoms. The van der Waals surface area contributed by atoms with E-state index in [0.29, 0.717) is 35.1 Å². The van der Waals surface area contributed by atoms with Crippen LogP contribution in [0, 0.1) is 5.82 Å². The fourth-order valence-electron chi connectivity index (χ4n) is 3.90. The molecular weight excluding hydrogens is 459 g/mol. The molecule has 0 radical (unpaired) electrons. The van der Waals surface area contributed by atoms with Crippen molar-refractivity contribution in [2.45, 2.75) is 37.6 Å². The SMILES string of the molecule is CCCCCNC(=O)C1CSC(c2ccc(F)cc2)N1C(=O)c1cc(OC)c(OC)c(OC)c1. The number of nitrogens with one attached hydrogen (secondary N) is 1. The Kier molecular flexibility index (Phi) is 9.04. The van der Waals surface area contributed by atoms with E-state index in [2.05, 4.69) is 12.2 Å². The summed E-state index contributed by atoms with van der Waals surface area (Å²) in [6, 6.07) is 8.48. The number of carbonyl (C=O) groups is 2. The molecule has 0 aliphatic carbocycles. The summed E-state index contributed by atoms with van der Waals surface area (Å²) in [6.45, 7) is 2.65. The van der Waals surface area contributed by atoms with Gasteiger partial charge in [-0.2, -0.15) is 0 Å². The predicted molar refractivity (Wildman–Crippen MR) is 130 cm³/mol. The summed E-state index contributed by atoms with van der Waals surface area (Å²) >= 11 is 1.47. The van der Waals surface area contributed by atoms with Gasteiger partial charge in [0.2, 0.25) is 11.7 Å². The Bertz CT molecular complexity index is 976. The number of thioether (sulfide) groups is 1. The molecule has 34 heavy (non-hydrogen) atoms. The molecule has 0 aromatic heterocycles. The third kappa shape index (κ3) is 5.58. The molecule has 9 heteroatoms. The van der Waals surface area contributed by atoms with Crippen LogP contribution >= 0.6 is 11.8 Å². The molecule has 7 nitrogen and oxygen atoms in total. The molecular formula is C25H31FN2O5S.